The van der Waals surface area contributed by atoms with Crippen LogP contribution in [-0.4, -0.2) is 23.6 Å². The number of hydrogen-bond acceptors (Lipinski definition) is 3. The Labute approximate surface area is 88.3 Å². The summed E-state index contributed by atoms with van der Waals surface area (Å²) >= 11 is 1.80. The lowest BCUT2D eigenvalue weighted by Crippen LogP contribution is -2.30. The first-order chi connectivity index (χ1) is 6.77. The maximum Gasteiger partial charge on any atom is 0.0772 e. The fourth-order valence-corrected chi connectivity index (χ4v) is 2.61. The predicted molar refractivity (Wildman–Crippen MR) is 57.5 cm³/mol. The van der Waals surface area contributed by atoms with Crippen LogP contribution < -0.4 is 0 Å². The molecule has 1 heterocycles. The van der Waals surface area contributed by atoms with Crippen molar-refractivity contribution in [2.45, 2.75) is 23.2 Å². The third-order valence-corrected chi connectivity index (χ3v) is 3.50. The first kappa shape index (κ1) is 10.0. The Bertz CT molecular complexity index is 308. The average Bonchev–Trinajstić information content (AvgIpc) is 2.12. The van der Waals surface area contributed by atoms with Crippen molar-refractivity contribution in [2.24, 2.45) is 0 Å². The van der Waals surface area contributed by atoms with Crippen LogP contribution in [0.4, 0.5) is 0 Å². The number of ether oxygens (including phenoxy) is 1. The highest BCUT2D eigenvalue weighted by Gasteiger charge is 2.21. The Morgan fingerprint density at radius 2 is 2.14 bits per heavy atom. The predicted octanol–water partition coefficient (Wildman–Crippen LogP) is 2.23. The monoisotopic (exact) mass is 210 g/mol. The van der Waals surface area contributed by atoms with Gasteiger partial charge >= 0.3 is 0 Å². The topological polar surface area (TPSA) is 29.5 Å². The molecular formula is C11H14O2S. The molecule has 1 saturated heterocycles. The second-order valence-electron chi connectivity index (χ2n) is 3.49. The van der Waals surface area contributed by atoms with Crippen molar-refractivity contribution in [2.75, 3.05) is 13.2 Å². The summed E-state index contributed by atoms with van der Waals surface area (Å²) in [5, 5.41) is 10.1. The summed E-state index contributed by atoms with van der Waals surface area (Å²) < 4.78 is 5.12. The summed E-state index contributed by atoms with van der Waals surface area (Å²) in [6.07, 6.45) is -0.389. The summed E-state index contributed by atoms with van der Waals surface area (Å²) in [5.74, 6) is 0. The van der Waals surface area contributed by atoms with Crippen molar-refractivity contribution < 1.29 is 9.84 Å². The highest BCUT2D eigenvalue weighted by molar-refractivity contribution is 8.00. The van der Waals surface area contributed by atoms with Gasteiger partial charge < -0.3 is 9.84 Å². The zero-order valence-corrected chi connectivity index (χ0v) is 8.96. The Kier molecular flexibility index (Phi) is 3.11. The highest BCUT2D eigenvalue weighted by atomic mass is 32.2. The molecule has 0 saturated carbocycles. The summed E-state index contributed by atoms with van der Waals surface area (Å²) in [5.41, 5.74) is 1.02. The molecule has 0 amide bonds. The van der Waals surface area contributed by atoms with Crippen molar-refractivity contribution in [1.82, 2.24) is 0 Å². The molecule has 1 N–H and O–H groups in total. The van der Waals surface area contributed by atoms with E-state index in [1.165, 1.54) is 4.90 Å². The van der Waals surface area contributed by atoms with Gasteiger partial charge in [-0.05, 0) is 18.6 Å². The quantitative estimate of drug-likeness (QED) is 0.829. The minimum Gasteiger partial charge on any atom is -0.389 e. The Balaban J connectivity index is 2.13. The molecule has 0 spiro atoms. The second-order valence-corrected chi connectivity index (χ2v) is 4.83. The molecule has 2 rings (SSSR count). The van der Waals surface area contributed by atoms with Crippen LogP contribution in [0.3, 0.4) is 0 Å². The third kappa shape index (κ3) is 2.11. The molecule has 1 fully saturated rings. The van der Waals surface area contributed by atoms with E-state index in [-0.39, 0.29) is 6.10 Å². The van der Waals surface area contributed by atoms with E-state index in [4.69, 9.17) is 4.74 Å². The average molecular weight is 210 g/mol. The largest absolute Gasteiger partial charge is 0.389 e. The number of hydrogen-bond donors (Lipinski definition) is 1. The molecule has 0 aromatic heterocycles. The van der Waals surface area contributed by atoms with Crippen molar-refractivity contribution in [3.8, 4) is 0 Å². The Morgan fingerprint density at radius 3 is 2.71 bits per heavy atom. The molecule has 2 nitrogen and oxygen atoms in total. The normalized spacial score (nSPS) is 19.0. The van der Waals surface area contributed by atoms with Crippen molar-refractivity contribution in [1.29, 1.82) is 0 Å². The van der Waals surface area contributed by atoms with E-state index in [0.717, 1.165) is 18.8 Å². The van der Waals surface area contributed by atoms with Gasteiger partial charge in [-0.3, -0.25) is 0 Å². The minimum absolute atomic E-state index is 0.389. The lowest BCUT2D eigenvalue weighted by atomic mass is 10.1. The number of rotatable bonds is 3. The molecule has 0 unspecified atom stereocenters. The van der Waals surface area contributed by atoms with Gasteiger partial charge in [-0.15, -0.1) is 11.8 Å². The number of thioether (sulfide) groups is 1. The molecule has 76 valence electrons. The number of aliphatic hydroxyl groups excluding tert-OH is 1. The smallest absolute Gasteiger partial charge is 0.0772 e. The minimum atomic E-state index is -0.389. The van der Waals surface area contributed by atoms with Gasteiger partial charge in [0.2, 0.25) is 0 Å². The summed E-state index contributed by atoms with van der Waals surface area (Å²) in [6, 6.07) is 8.01. The van der Waals surface area contributed by atoms with Crippen molar-refractivity contribution >= 4 is 11.8 Å². The molecule has 0 radical (unpaired) electrons. The number of benzene rings is 1. The van der Waals surface area contributed by atoms with Gasteiger partial charge in [0.15, 0.2) is 0 Å². The van der Waals surface area contributed by atoms with E-state index in [2.05, 4.69) is 6.07 Å². The van der Waals surface area contributed by atoms with Gasteiger partial charge in [0.05, 0.1) is 24.6 Å². The lowest BCUT2D eigenvalue weighted by molar-refractivity contribution is 0.0455. The summed E-state index contributed by atoms with van der Waals surface area (Å²) in [6.45, 7) is 3.47. The van der Waals surface area contributed by atoms with Crippen LogP contribution in [0.5, 0.6) is 0 Å². The molecule has 1 aromatic carbocycles. The molecule has 1 atom stereocenters. The molecule has 1 aliphatic heterocycles. The van der Waals surface area contributed by atoms with Crippen LogP contribution in [0.1, 0.15) is 18.6 Å². The molecule has 1 aliphatic rings. The van der Waals surface area contributed by atoms with Crippen molar-refractivity contribution in [3.05, 3.63) is 29.8 Å². The fraction of sp³-hybridized carbons (Fsp3) is 0.455. The van der Waals surface area contributed by atoms with E-state index in [9.17, 15) is 5.11 Å². The van der Waals surface area contributed by atoms with Crippen LogP contribution in [0.25, 0.3) is 0 Å². The second kappa shape index (κ2) is 4.34. The SMILES string of the molecule is C[C@H](O)c1ccccc1SC1COC1. The number of aliphatic hydroxyl groups is 1. The summed E-state index contributed by atoms with van der Waals surface area (Å²) in [7, 11) is 0. The lowest BCUT2D eigenvalue weighted by Gasteiger charge is -2.26. The zero-order valence-electron chi connectivity index (χ0n) is 8.14. The molecule has 3 heteroatoms. The third-order valence-electron chi connectivity index (χ3n) is 2.27. The fourth-order valence-electron chi connectivity index (χ4n) is 1.39. The van der Waals surface area contributed by atoms with Gasteiger partial charge in [-0.2, -0.15) is 0 Å². The standard InChI is InChI=1S/C11H14O2S/c1-8(12)10-4-2-3-5-11(10)14-9-6-13-7-9/h2-5,8-9,12H,6-7H2,1H3/t8-/m0/s1. The maximum atomic E-state index is 9.56. The Morgan fingerprint density at radius 1 is 1.43 bits per heavy atom. The van der Waals surface area contributed by atoms with Gasteiger partial charge in [0.1, 0.15) is 0 Å². The Hall–Kier alpha value is -0.510. The molecular weight excluding hydrogens is 196 g/mol. The maximum absolute atomic E-state index is 9.56. The molecule has 1 aromatic rings. The molecule has 14 heavy (non-hydrogen) atoms. The van der Waals surface area contributed by atoms with E-state index < -0.39 is 0 Å². The molecule has 0 bridgehead atoms. The van der Waals surface area contributed by atoms with Crippen LogP contribution in [-0.2, 0) is 4.74 Å². The first-order valence-corrected chi connectivity index (χ1v) is 5.66. The van der Waals surface area contributed by atoms with Crippen LogP contribution in [0.15, 0.2) is 29.2 Å². The summed E-state index contributed by atoms with van der Waals surface area (Å²) in [4.78, 5) is 1.18. The van der Waals surface area contributed by atoms with Gasteiger partial charge in [0.25, 0.3) is 0 Å². The van der Waals surface area contributed by atoms with E-state index in [1.807, 2.05) is 18.2 Å². The van der Waals surface area contributed by atoms with E-state index >= 15 is 0 Å². The van der Waals surface area contributed by atoms with Crippen LogP contribution in [0.2, 0.25) is 0 Å². The van der Waals surface area contributed by atoms with E-state index in [1.54, 1.807) is 18.7 Å². The van der Waals surface area contributed by atoms with Gasteiger partial charge in [-0.25, -0.2) is 0 Å². The van der Waals surface area contributed by atoms with Gasteiger partial charge in [-0.1, -0.05) is 18.2 Å². The molecule has 0 aliphatic carbocycles. The van der Waals surface area contributed by atoms with Gasteiger partial charge in [0, 0.05) is 4.90 Å². The van der Waals surface area contributed by atoms with Crippen LogP contribution >= 0.6 is 11.8 Å². The van der Waals surface area contributed by atoms with Crippen molar-refractivity contribution in [3.63, 3.8) is 0 Å². The highest BCUT2D eigenvalue weighted by Crippen LogP contribution is 2.33. The van der Waals surface area contributed by atoms with E-state index in [0.29, 0.717) is 5.25 Å². The zero-order chi connectivity index (χ0) is 9.97. The first-order valence-electron chi connectivity index (χ1n) is 4.79. The van der Waals surface area contributed by atoms with Crippen LogP contribution in [0, 0.1) is 0 Å².